The summed E-state index contributed by atoms with van der Waals surface area (Å²) in [5, 5.41) is 8.27. The van der Waals surface area contributed by atoms with E-state index in [4.69, 9.17) is 0 Å². The highest BCUT2D eigenvalue weighted by atomic mass is 15.4. The Hall–Kier alpha value is -1.49. The Labute approximate surface area is 100 Å². The van der Waals surface area contributed by atoms with E-state index in [1.165, 1.54) is 32.4 Å². The Morgan fingerprint density at radius 1 is 1.12 bits per heavy atom. The van der Waals surface area contributed by atoms with Crippen molar-refractivity contribution in [1.82, 2.24) is 24.9 Å². The van der Waals surface area contributed by atoms with Crippen LogP contribution in [0.2, 0.25) is 0 Å². The Morgan fingerprint density at radius 3 is 2.88 bits per heavy atom. The fourth-order valence-corrected chi connectivity index (χ4v) is 2.38. The fraction of sp³-hybridized carbons (Fsp3) is 0.583. The Balaban J connectivity index is 1.68. The van der Waals surface area contributed by atoms with Crippen LogP contribution in [0, 0.1) is 0 Å². The second-order valence-corrected chi connectivity index (χ2v) is 4.56. The second-order valence-electron chi connectivity index (χ2n) is 4.56. The van der Waals surface area contributed by atoms with E-state index < -0.39 is 0 Å². The van der Waals surface area contributed by atoms with E-state index in [9.17, 15) is 0 Å². The van der Waals surface area contributed by atoms with E-state index in [0.29, 0.717) is 0 Å². The Kier molecular flexibility index (Phi) is 3.00. The number of pyridine rings is 1. The minimum Gasteiger partial charge on any atom is -0.301 e. The van der Waals surface area contributed by atoms with Crippen molar-refractivity contribution in [3.63, 3.8) is 0 Å². The molecule has 0 N–H and O–H groups in total. The normalized spacial score (nSPS) is 17.6. The molecular formula is C12H17N5. The van der Waals surface area contributed by atoms with Crippen LogP contribution >= 0.6 is 0 Å². The number of fused-ring (bicyclic) bond motifs is 1. The minimum atomic E-state index is 0.881. The van der Waals surface area contributed by atoms with Gasteiger partial charge in [-0.3, -0.25) is 0 Å². The van der Waals surface area contributed by atoms with Gasteiger partial charge in [-0.2, -0.15) is 0 Å². The van der Waals surface area contributed by atoms with Crippen molar-refractivity contribution in [3.05, 3.63) is 18.3 Å². The van der Waals surface area contributed by atoms with E-state index in [-0.39, 0.29) is 0 Å². The summed E-state index contributed by atoms with van der Waals surface area (Å²) in [5.41, 5.74) is 1.77. The third-order valence-corrected chi connectivity index (χ3v) is 3.35. The van der Waals surface area contributed by atoms with Crippen molar-refractivity contribution in [3.8, 4) is 0 Å². The van der Waals surface area contributed by atoms with Crippen LogP contribution in [0.1, 0.15) is 19.3 Å². The number of hydrogen-bond acceptors (Lipinski definition) is 4. The van der Waals surface area contributed by atoms with Crippen molar-refractivity contribution in [2.75, 3.05) is 19.6 Å². The first-order chi connectivity index (χ1) is 8.43. The lowest BCUT2D eigenvalue weighted by molar-refractivity contribution is 0.218. The van der Waals surface area contributed by atoms with Gasteiger partial charge in [0.1, 0.15) is 5.52 Å². The molecule has 0 spiro atoms. The highest BCUT2D eigenvalue weighted by Crippen LogP contribution is 2.10. The average Bonchev–Trinajstić information content (AvgIpc) is 2.81. The summed E-state index contributed by atoms with van der Waals surface area (Å²) in [4.78, 5) is 6.82. The summed E-state index contributed by atoms with van der Waals surface area (Å²) in [6.45, 7) is 4.38. The topological polar surface area (TPSA) is 46.8 Å². The molecule has 0 saturated carbocycles. The smallest absolute Gasteiger partial charge is 0.178 e. The minimum absolute atomic E-state index is 0.881. The summed E-state index contributed by atoms with van der Waals surface area (Å²) in [7, 11) is 0. The van der Waals surface area contributed by atoms with E-state index in [0.717, 1.165) is 24.3 Å². The maximum Gasteiger partial charge on any atom is 0.178 e. The molecule has 1 fully saturated rings. The second kappa shape index (κ2) is 4.79. The van der Waals surface area contributed by atoms with Crippen molar-refractivity contribution in [2.45, 2.75) is 25.8 Å². The van der Waals surface area contributed by atoms with Gasteiger partial charge in [0.25, 0.3) is 0 Å². The molecule has 2 aromatic rings. The highest BCUT2D eigenvalue weighted by molar-refractivity contribution is 5.68. The lowest BCUT2D eigenvalue weighted by Gasteiger charge is -2.26. The van der Waals surface area contributed by atoms with Crippen LogP contribution in [-0.4, -0.2) is 44.5 Å². The first-order valence-electron chi connectivity index (χ1n) is 6.30. The standard InChI is InChI=1S/C12H17N5/c1-2-7-16(8-3-1)9-10-17-12-11(14-15-17)5-4-6-13-12/h4-6H,1-3,7-10H2. The van der Waals surface area contributed by atoms with E-state index in [1.807, 2.05) is 16.8 Å². The predicted molar refractivity (Wildman–Crippen MR) is 65.6 cm³/mol. The molecule has 1 saturated heterocycles. The summed E-state index contributed by atoms with van der Waals surface area (Å²) in [6.07, 6.45) is 5.83. The van der Waals surface area contributed by atoms with Crippen LogP contribution in [0.5, 0.6) is 0 Å². The molecule has 0 amide bonds. The molecule has 0 unspecified atom stereocenters. The van der Waals surface area contributed by atoms with E-state index in [1.54, 1.807) is 6.20 Å². The molecule has 3 rings (SSSR count). The predicted octanol–water partition coefficient (Wildman–Crippen LogP) is 1.31. The van der Waals surface area contributed by atoms with Crippen molar-refractivity contribution in [2.24, 2.45) is 0 Å². The molecular weight excluding hydrogens is 214 g/mol. The summed E-state index contributed by atoms with van der Waals surface area (Å²) >= 11 is 0. The van der Waals surface area contributed by atoms with E-state index >= 15 is 0 Å². The third-order valence-electron chi connectivity index (χ3n) is 3.35. The number of nitrogens with zero attached hydrogens (tertiary/aromatic N) is 5. The van der Waals surface area contributed by atoms with Gasteiger partial charge in [0.15, 0.2) is 5.65 Å². The zero-order valence-electron chi connectivity index (χ0n) is 9.92. The largest absolute Gasteiger partial charge is 0.301 e. The number of rotatable bonds is 3. The molecule has 2 aromatic heterocycles. The van der Waals surface area contributed by atoms with Crippen LogP contribution in [0.15, 0.2) is 18.3 Å². The molecule has 0 aromatic carbocycles. The van der Waals surface area contributed by atoms with E-state index in [2.05, 4.69) is 20.2 Å². The Morgan fingerprint density at radius 2 is 2.00 bits per heavy atom. The maximum absolute atomic E-state index is 4.32. The number of piperidine rings is 1. The first kappa shape index (κ1) is 10.7. The van der Waals surface area contributed by atoms with Crippen LogP contribution in [0.3, 0.4) is 0 Å². The van der Waals surface area contributed by atoms with Crippen LogP contribution in [0.4, 0.5) is 0 Å². The van der Waals surface area contributed by atoms with Crippen LogP contribution < -0.4 is 0 Å². The highest BCUT2D eigenvalue weighted by Gasteiger charge is 2.11. The van der Waals surface area contributed by atoms with Gasteiger partial charge in [0.2, 0.25) is 0 Å². The van der Waals surface area contributed by atoms with Gasteiger partial charge in [0, 0.05) is 12.7 Å². The lowest BCUT2D eigenvalue weighted by atomic mass is 10.1. The molecule has 17 heavy (non-hydrogen) atoms. The average molecular weight is 231 g/mol. The molecule has 3 heterocycles. The van der Waals surface area contributed by atoms with Gasteiger partial charge in [-0.05, 0) is 38.1 Å². The summed E-state index contributed by atoms with van der Waals surface area (Å²) < 4.78 is 1.91. The molecule has 0 aliphatic carbocycles. The van der Waals surface area contributed by atoms with Gasteiger partial charge in [-0.1, -0.05) is 11.6 Å². The molecule has 0 bridgehead atoms. The molecule has 90 valence electrons. The van der Waals surface area contributed by atoms with Crippen molar-refractivity contribution in [1.29, 1.82) is 0 Å². The lowest BCUT2D eigenvalue weighted by Crippen LogP contribution is -2.32. The molecule has 1 aliphatic rings. The quantitative estimate of drug-likeness (QED) is 0.799. The third kappa shape index (κ3) is 2.29. The summed E-state index contributed by atoms with van der Waals surface area (Å²) in [6, 6.07) is 3.85. The molecule has 0 atom stereocenters. The van der Waals surface area contributed by atoms with Crippen LogP contribution in [0.25, 0.3) is 11.2 Å². The maximum atomic E-state index is 4.32. The summed E-state index contributed by atoms with van der Waals surface area (Å²) in [5.74, 6) is 0. The number of aromatic nitrogens is 4. The van der Waals surface area contributed by atoms with Crippen LogP contribution in [-0.2, 0) is 6.54 Å². The Bertz CT molecular complexity index is 486. The zero-order valence-corrected chi connectivity index (χ0v) is 9.92. The molecule has 5 nitrogen and oxygen atoms in total. The van der Waals surface area contributed by atoms with Gasteiger partial charge in [0.05, 0.1) is 6.54 Å². The molecule has 5 heteroatoms. The first-order valence-corrected chi connectivity index (χ1v) is 6.30. The number of likely N-dealkylation sites (tertiary alicyclic amines) is 1. The molecule has 1 aliphatic heterocycles. The monoisotopic (exact) mass is 231 g/mol. The van der Waals surface area contributed by atoms with Gasteiger partial charge in [-0.15, -0.1) is 5.10 Å². The van der Waals surface area contributed by atoms with Crippen molar-refractivity contribution >= 4 is 11.2 Å². The van der Waals surface area contributed by atoms with Gasteiger partial charge < -0.3 is 4.90 Å². The van der Waals surface area contributed by atoms with Gasteiger partial charge in [-0.25, -0.2) is 9.67 Å². The SMILES string of the molecule is c1cnc2c(c1)nnn2CCN1CCCCC1. The van der Waals surface area contributed by atoms with Gasteiger partial charge >= 0.3 is 0 Å². The number of hydrogen-bond donors (Lipinski definition) is 0. The van der Waals surface area contributed by atoms with Crippen molar-refractivity contribution < 1.29 is 0 Å². The zero-order chi connectivity index (χ0) is 11.5. The fourth-order valence-electron chi connectivity index (χ4n) is 2.38. The molecule has 0 radical (unpaired) electrons.